The van der Waals surface area contributed by atoms with Gasteiger partial charge in [-0.1, -0.05) is 44.4 Å². The molecule has 0 aromatic heterocycles. The van der Waals surface area contributed by atoms with E-state index in [-0.39, 0.29) is 11.7 Å². The zero-order valence-electron chi connectivity index (χ0n) is 9.91. The van der Waals surface area contributed by atoms with Gasteiger partial charge in [-0.3, -0.25) is 4.79 Å². The SMILES string of the molecule is CC1CC=CC=C1C(=O)C1(O)CCCCC1. The van der Waals surface area contributed by atoms with Gasteiger partial charge in [0.15, 0.2) is 5.78 Å². The molecule has 1 fully saturated rings. The second kappa shape index (κ2) is 4.54. The molecule has 1 saturated carbocycles. The highest BCUT2D eigenvalue weighted by Gasteiger charge is 2.39. The lowest BCUT2D eigenvalue weighted by Gasteiger charge is -2.33. The molecule has 0 aromatic carbocycles. The van der Waals surface area contributed by atoms with Crippen LogP contribution in [-0.4, -0.2) is 16.5 Å². The molecule has 0 aromatic rings. The predicted molar refractivity (Wildman–Crippen MR) is 64.0 cm³/mol. The number of allylic oxidation sites excluding steroid dienone is 3. The summed E-state index contributed by atoms with van der Waals surface area (Å²) in [4.78, 5) is 12.3. The highest BCUT2D eigenvalue weighted by molar-refractivity contribution is 6.02. The summed E-state index contributed by atoms with van der Waals surface area (Å²) in [6, 6.07) is 0. The fraction of sp³-hybridized carbons (Fsp3) is 0.643. The van der Waals surface area contributed by atoms with Gasteiger partial charge in [-0.2, -0.15) is 0 Å². The van der Waals surface area contributed by atoms with Gasteiger partial charge in [0.05, 0.1) is 0 Å². The molecule has 2 rings (SSSR count). The average Bonchev–Trinajstić information content (AvgIpc) is 2.30. The molecule has 2 aliphatic rings. The molecular formula is C14H20O2. The Morgan fingerprint density at radius 2 is 2.06 bits per heavy atom. The maximum Gasteiger partial charge on any atom is 0.190 e. The van der Waals surface area contributed by atoms with Gasteiger partial charge in [0, 0.05) is 5.57 Å². The number of ketones is 1. The number of carbonyl (C=O) groups is 1. The van der Waals surface area contributed by atoms with Crippen molar-refractivity contribution in [3.63, 3.8) is 0 Å². The zero-order chi connectivity index (χ0) is 11.6. The van der Waals surface area contributed by atoms with E-state index in [0.29, 0.717) is 12.8 Å². The summed E-state index contributed by atoms with van der Waals surface area (Å²) in [7, 11) is 0. The summed E-state index contributed by atoms with van der Waals surface area (Å²) in [6.45, 7) is 2.05. The Bertz CT molecular complexity index is 333. The normalized spacial score (nSPS) is 28.6. The lowest BCUT2D eigenvalue weighted by atomic mass is 9.76. The molecule has 0 heterocycles. The van der Waals surface area contributed by atoms with Gasteiger partial charge in [0.1, 0.15) is 5.60 Å². The first-order valence-corrected chi connectivity index (χ1v) is 6.27. The molecule has 2 heteroatoms. The predicted octanol–water partition coefficient (Wildman–Crippen LogP) is 2.77. The summed E-state index contributed by atoms with van der Waals surface area (Å²) in [6.07, 6.45) is 11.2. The quantitative estimate of drug-likeness (QED) is 0.777. The van der Waals surface area contributed by atoms with Crippen LogP contribution in [0.1, 0.15) is 45.4 Å². The van der Waals surface area contributed by atoms with Crippen LogP contribution in [0.3, 0.4) is 0 Å². The Morgan fingerprint density at radius 3 is 2.69 bits per heavy atom. The molecule has 2 nitrogen and oxygen atoms in total. The zero-order valence-corrected chi connectivity index (χ0v) is 9.91. The Balaban J connectivity index is 2.17. The van der Waals surface area contributed by atoms with Crippen LogP contribution >= 0.6 is 0 Å². The molecule has 0 aliphatic heterocycles. The highest BCUT2D eigenvalue weighted by Crippen LogP contribution is 2.34. The first kappa shape index (κ1) is 11.6. The molecule has 88 valence electrons. The smallest absolute Gasteiger partial charge is 0.190 e. The maximum absolute atomic E-state index is 12.3. The number of aliphatic hydroxyl groups is 1. The highest BCUT2D eigenvalue weighted by atomic mass is 16.3. The summed E-state index contributed by atoms with van der Waals surface area (Å²) in [5.41, 5.74) is -0.254. The minimum absolute atomic E-state index is 0.0240. The maximum atomic E-state index is 12.3. The van der Waals surface area contributed by atoms with Crippen LogP contribution in [0.15, 0.2) is 23.8 Å². The lowest BCUT2D eigenvalue weighted by Crippen LogP contribution is -2.42. The molecule has 2 aliphatic carbocycles. The molecule has 0 saturated heterocycles. The van der Waals surface area contributed by atoms with Gasteiger partial charge in [-0.05, 0) is 25.2 Å². The van der Waals surface area contributed by atoms with Crippen molar-refractivity contribution < 1.29 is 9.90 Å². The van der Waals surface area contributed by atoms with E-state index < -0.39 is 5.60 Å². The van der Waals surface area contributed by atoms with Crippen molar-refractivity contribution in [2.75, 3.05) is 0 Å². The fourth-order valence-corrected chi connectivity index (χ4v) is 2.68. The molecule has 0 spiro atoms. The number of hydrogen-bond acceptors (Lipinski definition) is 2. The van der Waals surface area contributed by atoms with Crippen LogP contribution in [0.5, 0.6) is 0 Å². The van der Waals surface area contributed by atoms with Gasteiger partial charge in [-0.25, -0.2) is 0 Å². The number of carbonyl (C=O) groups excluding carboxylic acids is 1. The van der Waals surface area contributed by atoms with Gasteiger partial charge < -0.3 is 5.11 Å². The van der Waals surface area contributed by atoms with Crippen molar-refractivity contribution in [1.82, 2.24) is 0 Å². The van der Waals surface area contributed by atoms with E-state index in [1.165, 1.54) is 0 Å². The molecule has 1 atom stereocenters. The molecular weight excluding hydrogens is 200 g/mol. The van der Waals surface area contributed by atoms with Gasteiger partial charge in [0.25, 0.3) is 0 Å². The van der Waals surface area contributed by atoms with Gasteiger partial charge in [0.2, 0.25) is 0 Å². The van der Waals surface area contributed by atoms with Gasteiger partial charge in [-0.15, -0.1) is 0 Å². The molecule has 1 unspecified atom stereocenters. The van der Waals surface area contributed by atoms with Crippen molar-refractivity contribution in [3.8, 4) is 0 Å². The fourth-order valence-electron chi connectivity index (χ4n) is 2.68. The Labute approximate surface area is 97.0 Å². The van der Waals surface area contributed by atoms with Crippen molar-refractivity contribution in [3.05, 3.63) is 23.8 Å². The van der Waals surface area contributed by atoms with E-state index in [9.17, 15) is 9.90 Å². The topological polar surface area (TPSA) is 37.3 Å². The molecule has 0 amide bonds. The van der Waals surface area contributed by atoms with Crippen molar-refractivity contribution >= 4 is 5.78 Å². The molecule has 16 heavy (non-hydrogen) atoms. The summed E-state index contributed by atoms with van der Waals surface area (Å²) >= 11 is 0. The van der Waals surface area contributed by atoms with E-state index in [1.807, 2.05) is 12.2 Å². The van der Waals surface area contributed by atoms with Crippen LogP contribution in [0.4, 0.5) is 0 Å². The number of Topliss-reactive ketones (excluding diaryl/α,β-unsaturated/α-hetero) is 1. The largest absolute Gasteiger partial charge is 0.382 e. The van der Waals surface area contributed by atoms with E-state index in [2.05, 4.69) is 13.0 Å². The van der Waals surface area contributed by atoms with Gasteiger partial charge >= 0.3 is 0 Å². The van der Waals surface area contributed by atoms with Crippen molar-refractivity contribution in [1.29, 1.82) is 0 Å². The minimum atomic E-state index is -1.07. The molecule has 0 radical (unpaired) electrons. The molecule has 1 N–H and O–H groups in total. The second-order valence-corrected chi connectivity index (χ2v) is 5.11. The van der Waals surface area contributed by atoms with E-state index in [1.54, 1.807) is 0 Å². The average molecular weight is 220 g/mol. The number of hydrogen-bond donors (Lipinski definition) is 1. The summed E-state index contributed by atoms with van der Waals surface area (Å²) in [5.74, 6) is 0.229. The minimum Gasteiger partial charge on any atom is -0.382 e. The summed E-state index contributed by atoms with van der Waals surface area (Å²) < 4.78 is 0. The van der Waals surface area contributed by atoms with Crippen LogP contribution < -0.4 is 0 Å². The van der Waals surface area contributed by atoms with Crippen LogP contribution in [0.25, 0.3) is 0 Å². The standard InChI is InChI=1S/C14H20O2/c1-11-7-3-4-8-12(11)13(15)14(16)9-5-2-6-10-14/h3-4,8,11,16H,2,5-7,9-10H2,1H3. The van der Waals surface area contributed by atoms with Crippen molar-refractivity contribution in [2.24, 2.45) is 5.92 Å². The van der Waals surface area contributed by atoms with E-state index in [0.717, 1.165) is 31.3 Å². The Hall–Kier alpha value is -0.890. The lowest BCUT2D eigenvalue weighted by molar-refractivity contribution is -0.136. The molecule has 0 bridgehead atoms. The van der Waals surface area contributed by atoms with Crippen molar-refractivity contribution in [2.45, 2.75) is 51.0 Å². The third kappa shape index (κ3) is 2.12. The first-order valence-electron chi connectivity index (χ1n) is 6.27. The monoisotopic (exact) mass is 220 g/mol. The number of rotatable bonds is 2. The van der Waals surface area contributed by atoms with E-state index >= 15 is 0 Å². The van der Waals surface area contributed by atoms with Crippen LogP contribution in [0.2, 0.25) is 0 Å². The Morgan fingerprint density at radius 1 is 1.38 bits per heavy atom. The second-order valence-electron chi connectivity index (χ2n) is 5.11. The van der Waals surface area contributed by atoms with Crippen LogP contribution in [0, 0.1) is 5.92 Å². The Kier molecular flexibility index (Phi) is 3.29. The van der Waals surface area contributed by atoms with E-state index in [4.69, 9.17) is 0 Å². The summed E-state index contributed by atoms with van der Waals surface area (Å²) in [5, 5.41) is 10.4. The third-order valence-corrected chi connectivity index (χ3v) is 3.80. The first-order chi connectivity index (χ1) is 7.63. The third-order valence-electron chi connectivity index (χ3n) is 3.80. The van der Waals surface area contributed by atoms with Crippen LogP contribution in [-0.2, 0) is 4.79 Å².